The summed E-state index contributed by atoms with van der Waals surface area (Å²) in [6, 6.07) is 14.1. The quantitative estimate of drug-likeness (QED) is 0.742. The number of aromatic nitrogens is 1. The van der Waals surface area contributed by atoms with Gasteiger partial charge in [0.1, 0.15) is 5.75 Å². The van der Waals surface area contributed by atoms with Crippen molar-refractivity contribution in [3.8, 4) is 5.75 Å². The molecule has 1 heterocycles. The van der Waals surface area contributed by atoms with E-state index in [1.165, 1.54) is 7.11 Å². The molecular formula is C17H14ClN3O2. The first-order valence-electron chi connectivity index (χ1n) is 6.92. The van der Waals surface area contributed by atoms with Crippen molar-refractivity contribution in [2.24, 2.45) is 0 Å². The molecule has 0 unspecified atom stereocenters. The molecule has 0 spiro atoms. The Balaban J connectivity index is 1.77. The zero-order valence-electron chi connectivity index (χ0n) is 12.3. The van der Waals surface area contributed by atoms with Gasteiger partial charge in [0.05, 0.1) is 23.3 Å². The lowest BCUT2D eigenvalue weighted by molar-refractivity contribution is 0.262. The van der Waals surface area contributed by atoms with Crippen LogP contribution in [0.2, 0.25) is 5.02 Å². The van der Waals surface area contributed by atoms with Crippen LogP contribution in [0.15, 0.2) is 54.7 Å². The third-order valence-corrected chi connectivity index (χ3v) is 3.59. The Morgan fingerprint density at radius 2 is 1.96 bits per heavy atom. The average molecular weight is 328 g/mol. The van der Waals surface area contributed by atoms with Crippen LogP contribution in [0.25, 0.3) is 10.9 Å². The van der Waals surface area contributed by atoms with Crippen molar-refractivity contribution in [3.05, 3.63) is 59.8 Å². The first kappa shape index (κ1) is 15.1. The molecule has 23 heavy (non-hydrogen) atoms. The van der Waals surface area contributed by atoms with E-state index in [9.17, 15) is 4.79 Å². The summed E-state index contributed by atoms with van der Waals surface area (Å²) in [6.07, 6.45) is 1.69. The average Bonchev–Trinajstić information content (AvgIpc) is 2.55. The van der Waals surface area contributed by atoms with Crippen LogP contribution < -0.4 is 15.4 Å². The number of hydrogen-bond donors (Lipinski definition) is 2. The van der Waals surface area contributed by atoms with E-state index in [2.05, 4.69) is 15.6 Å². The van der Waals surface area contributed by atoms with Crippen molar-refractivity contribution in [2.45, 2.75) is 0 Å². The van der Waals surface area contributed by atoms with E-state index >= 15 is 0 Å². The van der Waals surface area contributed by atoms with Gasteiger partial charge in [-0.3, -0.25) is 4.98 Å². The van der Waals surface area contributed by atoms with Crippen LogP contribution in [0.5, 0.6) is 5.75 Å². The largest absolute Gasteiger partial charge is 0.495 e. The molecule has 0 aliphatic rings. The maximum absolute atomic E-state index is 12.2. The Hall–Kier alpha value is -2.79. The number of fused-ring (bicyclic) bond motifs is 1. The number of nitrogens with one attached hydrogen (secondary N) is 2. The SMILES string of the molecule is COc1ccc(NC(=O)Nc2cccc3cccnc23)cc1Cl. The second kappa shape index (κ2) is 6.54. The first-order chi connectivity index (χ1) is 11.2. The van der Waals surface area contributed by atoms with E-state index in [0.29, 0.717) is 22.1 Å². The fourth-order valence-electron chi connectivity index (χ4n) is 2.23. The van der Waals surface area contributed by atoms with Crippen LogP contribution in [0, 0.1) is 0 Å². The van der Waals surface area contributed by atoms with E-state index in [-0.39, 0.29) is 6.03 Å². The van der Waals surface area contributed by atoms with E-state index in [1.54, 1.807) is 30.5 Å². The van der Waals surface area contributed by atoms with E-state index in [4.69, 9.17) is 16.3 Å². The lowest BCUT2D eigenvalue weighted by Crippen LogP contribution is -2.19. The molecule has 2 aromatic carbocycles. The van der Waals surface area contributed by atoms with Crippen molar-refractivity contribution in [1.82, 2.24) is 4.98 Å². The van der Waals surface area contributed by atoms with Crippen LogP contribution >= 0.6 is 11.6 Å². The molecule has 0 saturated carbocycles. The highest BCUT2D eigenvalue weighted by molar-refractivity contribution is 6.32. The van der Waals surface area contributed by atoms with Gasteiger partial charge >= 0.3 is 6.03 Å². The number of methoxy groups -OCH3 is 1. The van der Waals surface area contributed by atoms with Gasteiger partial charge in [-0.2, -0.15) is 0 Å². The number of amides is 2. The molecule has 1 aromatic heterocycles. The van der Waals surface area contributed by atoms with E-state index < -0.39 is 0 Å². The van der Waals surface area contributed by atoms with Crippen LogP contribution in [-0.2, 0) is 0 Å². The van der Waals surface area contributed by atoms with Gasteiger partial charge in [-0.1, -0.05) is 29.8 Å². The predicted molar refractivity (Wildman–Crippen MR) is 92.4 cm³/mol. The maximum atomic E-state index is 12.2. The Morgan fingerprint density at radius 3 is 2.74 bits per heavy atom. The number of rotatable bonds is 3. The molecule has 0 aliphatic carbocycles. The first-order valence-corrected chi connectivity index (χ1v) is 7.30. The molecule has 0 atom stereocenters. The Labute approximate surface area is 138 Å². The third kappa shape index (κ3) is 3.35. The molecule has 116 valence electrons. The Kier molecular flexibility index (Phi) is 4.30. The molecule has 0 aliphatic heterocycles. The summed E-state index contributed by atoms with van der Waals surface area (Å²) >= 11 is 6.04. The van der Waals surface area contributed by atoms with Crippen LogP contribution in [0.3, 0.4) is 0 Å². The third-order valence-electron chi connectivity index (χ3n) is 3.29. The molecule has 3 rings (SSSR count). The van der Waals surface area contributed by atoms with E-state index in [0.717, 1.165) is 10.9 Å². The number of halogens is 1. The van der Waals surface area contributed by atoms with E-state index in [1.807, 2.05) is 24.3 Å². The van der Waals surface area contributed by atoms with Gasteiger partial charge in [0, 0.05) is 17.3 Å². The summed E-state index contributed by atoms with van der Waals surface area (Å²) in [4.78, 5) is 16.5. The van der Waals surface area contributed by atoms with Crippen molar-refractivity contribution in [1.29, 1.82) is 0 Å². The van der Waals surface area contributed by atoms with Crippen LogP contribution in [-0.4, -0.2) is 18.1 Å². The maximum Gasteiger partial charge on any atom is 0.323 e. The van der Waals surface area contributed by atoms with Gasteiger partial charge in [-0.25, -0.2) is 4.79 Å². The lowest BCUT2D eigenvalue weighted by atomic mass is 10.2. The number of hydrogen-bond acceptors (Lipinski definition) is 3. The number of benzene rings is 2. The molecule has 5 nitrogen and oxygen atoms in total. The molecule has 2 N–H and O–H groups in total. The zero-order chi connectivity index (χ0) is 16.2. The van der Waals surface area contributed by atoms with Gasteiger partial charge in [-0.05, 0) is 30.3 Å². The smallest absolute Gasteiger partial charge is 0.323 e. The molecule has 0 fully saturated rings. The summed E-state index contributed by atoms with van der Waals surface area (Å²) in [5.74, 6) is 0.552. The van der Waals surface area contributed by atoms with Crippen LogP contribution in [0.4, 0.5) is 16.2 Å². The Morgan fingerprint density at radius 1 is 1.13 bits per heavy atom. The molecule has 2 amide bonds. The zero-order valence-corrected chi connectivity index (χ0v) is 13.1. The number of urea groups is 1. The normalized spacial score (nSPS) is 10.3. The molecule has 6 heteroatoms. The standard InChI is InChI=1S/C17H14ClN3O2/c1-23-15-8-7-12(10-13(15)18)20-17(22)21-14-6-2-4-11-5-3-9-19-16(11)14/h2-10H,1H3,(H2,20,21,22). The second-order valence-corrected chi connectivity index (χ2v) is 5.22. The number of anilines is 2. The second-order valence-electron chi connectivity index (χ2n) is 4.81. The highest BCUT2D eigenvalue weighted by Crippen LogP contribution is 2.27. The lowest BCUT2D eigenvalue weighted by Gasteiger charge is -2.10. The van der Waals surface area contributed by atoms with Crippen molar-refractivity contribution >= 4 is 39.9 Å². The fraction of sp³-hybridized carbons (Fsp3) is 0.0588. The van der Waals surface area contributed by atoms with Crippen molar-refractivity contribution < 1.29 is 9.53 Å². The minimum Gasteiger partial charge on any atom is -0.495 e. The van der Waals surface area contributed by atoms with Gasteiger partial charge in [-0.15, -0.1) is 0 Å². The van der Waals surface area contributed by atoms with Gasteiger partial charge < -0.3 is 15.4 Å². The van der Waals surface area contributed by atoms with Crippen molar-refractivity contribution in [3.63, 3.8) is 0 Å². The summed E-state index contributed by atoms with van der Waals surface area (Å²) < 4.78 is 5.08. The van der Waals surface area contributed by atoms with Crippen molar-refractivity contribution in [2.75, 3.05) is 17.7 Å². The highest BCUT2D eigenvalue weighted by Gasteiger charge is 2.08. The molecule has 0 bridgehead atoms. The molecule has 3 aromatic rings. The number of nitrogens with zero attached hydrogens (tertiary/aromatic N) is 1. The summed E-state index contributed by atoms with van der Waals surface area (Å²) in [7, 11) is 1.54. The number of ether oxygens (including phenoxy) is 1. The summed E-state index contributed by atoms with van der Waals surface area (Å²) in [5, 5.41) is 6.91. The summed E-state index contributed by atoms with van der Waals surface area (Å²) in [6.45, 7) is 0. The number of carbonyl (C=O) groups is 1. The van der Waals surface area contributed by atoms with Gasteiger partial charge in [0.25, 0.3) is 0 Å². The molecule has 0 saturated heterocycles. The van der Waals surface area contributed by atoms with Crippen LogP contribution in [0.1, 0.15) is 0 Å². The summed E-state index contributed by atoms with van der Waals surface area (Å²) in [5.41, 5.74) is 1.94. The minimum absolute atomic E-state index is 0.371. The number of pyridine rings is 1. The van der Waals surface area contributed by atoms with Gasteiger partial charge in [0.15, 0.2) is 0 Å². The molecular weight excluding hydrogens is 314 g/mol. The number of carbonyl (C=O) groups excluding carboxylic acids is 1. The fourth-order valence-corrected chi connectivity index (χ4v) is 2.49. The topological polar surface area (TPSA) is 63.2 Å². The number of para-hydroxylation sites is 1. The van der Waals surface area contributed by atoms with Gasteiger partial charge in [0.2, 0.25) is 0 Å². The molecule has 0 radical (unpaired) electrons. The minimum atomic E-state index is -0.371. The predicted octanol–water partition coefficient (Wildman–Crippen LogP) is 4.54. The Bertz CT molecular complexity index is 862. The highest BCUT2D eigenvalue weighted by atomic mass is 35.5. The monoisotopic (exact) mass is 327 g/mol.